The molecule has 2 aromatic rings. The first kappa shape index (κ1) is 21.1. The normalized spacial score (nSPS) is 11.4. The van der Waals surface area contributed by atoms with Gasteiger partial charge in [-0.3, -0.25) is 9.59 Å². The van der Waals surface area contributed by atoms with E-state index in [1.807, 2.05) is 6.07 Å². The lowest BCUT2D eigenvalue weighted by Crippen LogP contribution is -2.27. The van der Waals surface area contributed by atoms with Crippen LogP contribution in [0.25, 0.3) is 0 Å². The minimum atomic E-state index is -1.02. The molecule has 4 nitrogen and oxygen atoms in total. The summed E-state index contributed by atoms with van der Waals surface area (Å²) in [5, 5.41) is 0.341. The zero-order valence-corrected chi connectivity index (χ0v) is 16.7. The predicted octanol–water partition coefficient (Wildman–Crippen LogP) is 4.51. The molecule has 134 valence electrons. The van der Waals surface area contributed by atoms with E-state index in [0.717, 1.165) is 5.56 Å². The molecule has 0 bridgehead atoms. The quantitative estimate of drug-likeness (QED) is 0.331. The lowest BCUT2D eigenvalue weighted by molar-refractivity contribution is -0.147. The molecule has 25 heavy (non-hydrogen) atoms. The molecule has 0 radical (unpaired) electrons. The van der Waals surface area contributed by atoms with Gasteiger partial charge in [0.15, 0.2) is 5.78 Å². The summed E-state index contributed by atoms with van der Waals surface area (Å²) >= 11 is 6.19. The van der Waals surface area contributed by atoms with Crippen LogP contribution in [0.4, 0.5) is 0 Å². The van der Waals surface area contributed by atoms with Crippen molar-refractivity contribution in [3.8, 4) is 0 Å². The molecule has 0 saturated carbocycles. The van der Waals surface area contributed by atoms with E-state index in [0.29, 0.717) is 25.3 Å². The highest BCUT2D eigenvalue weighted by Gasteiger charge is 2.33. The van der Waals surface area contributed by atoms with Gasteiger partial charge in [0.25, 0.3) is 0 Å². The summed E-state index contributed by atoms with van der Waals surface area (Å²) < 4.78 is 13.6. The maximum Gasteiger partial charge on any atom is 0.321 e. The van der Waals surface area contributed by atoms with Crippen LogP contribution < -0.4 is 0 Å². The second-order valence-electron chi connectivity index (χ2n) is 5.63. The third-order valence-electron chi connectivity index (χ3n) is 3.45. The Bertz CT molecular complexity index is 711. The Kier molecular flexibility index (Phi) is 8.60. The number of benzene rings is 2. The number of rotatable bonds is 5. The predicted molar refractivity (Wildman–Crippen MR) is 103 cm³/mol. The standard InChI is InChI=1S/C19H19ClO3.H3OP/c1-12(2)23-19(22)17(14-9-5-4-6-10-14)18(21)16-13(3)8-7-11-15(16)20;1-2/h4-12,17H,1-3H3;2H3. The van der Waals surface area contributed by atoms with Gasteiger partial charge in [-0.15, -0.1) is 0 Å². The SMILES string of the molecule is Cc1cccc(Cl)c1C(=O)C(C(=O)OC(C)C)c1ccccc1.O=[PH3]. The van der Waals surface area contributed by atoms with Gasteiger partial charge in [-0.1, -0.05) is 54.1 Å². The fraction of sp³-hybridized carbons (Fsp3) is 0.263. The summed E-state index contributed by atoms with van der Waals surface area (Å²) in [6.45, 7) is 5.31. The van der Waals surface area contributed by atoms with Gasteiger partial charge in [0.05, 0.1) is 20.2 Å². The van der Waals surface area contributed by atoms with Gasteiger partial charge < -0.3 is 9.30 Å². The Morgan fingerprint density at radius 3 is 2.12 bits per heavy atom. The molecule has 0 heterocycles. The van der Waals surface area contributed by atoms with E-state index in [1.54, 1.807) is 63.2 Å². The number of ketones is 1. The smallest absolute Gasteiger partial charge is 0.321 e. The number of ether oxygens (including phenoxy) is 1. The Morgan fingerprint density at radius 1 is 1.00 bits per heavy atom. The highest BCUT2D eigenvalue weighted by atomic mass is 35.5. The van der Waals surface area contributed by atoms with Crippen molar-refractivity contribution < 1.29 is 18.9 Å². The molecule has 2 rings (SSSR count). The fourth-order valence-electron chi connectivity index (χ4n) is 2.43. The molecule has 2 atom stereocenters. The molecule has 0 amide bonds. The third kappa shape index (κ3) is 5.55. The van der Waals surface area contributed by atoms with Crippen LogP contribution in [0.5, 0.6) is 0 Å². The zero-order valence-electron chi connectivity index (χ0n) is 14.5. The molecular formula is C19H22ClO4P. The molecule has 0 N–H and O–H groups in total. The van der Waals surface area contributed by atoms with Gasteiger partial charge in [-0.25, -0.2) is 0 Å². The maximum atomic E-state index is 13.0. The van der Waals surface area contributed by atoms with E-state index < -0.39 is 11.9 Å². The van der Waals surface area contributed by atoms with E-state index in [-0.39, 0.29) is 11.9 Å². The molecule has 0 aliphatic rings. The number of carbonyl (C=O) groups excluding carboxylic acids is 2. The Balaban J connectivity index is 0.00000151. The topological polar surface area (TPSA) is 60.4 Å². The van der Waals surface area contributed by atoms with Crippen molar-refractivity contribution in [3.63, 3.8) is 0 Å². The average Bonchev–Trinajstić information content (AvgIpc) is 2.57. The van der Waals surface area contributed by atoms with Gasteiger partial charge in [0.2, 0.25) is 0 Å². The number of hydrogen-bond acceptors (Lipinski definition) is 4. The summed E-state index contributed by atoms with van der Waals surface area (Å²) in [5.74, 6) is -1.92. The molecule has 0 fully saturated rings. The van der Waals surface area contributed by atoms with Crippen molar-refractivity contribution in [1.82, 2.24) is 0 Å². The summed E-state index contributed by atoms with van der Waals surface area (Å²) in [6.07, 6.45) is -0.297. The van der Waals surface area contributed by atoms with E-state index in [4.69, 9.17) is 20.9 Å². The third-order valence-corrected chi connectivity index (χ3v) is 3.77. The molecule has 0 aliphatic heterocycles. The van der Waals surface area contributed by atoms with Crippen LogP contribution in [0.15, 0.2) is 48.5 Å². The molecule has 2 aromatic carbocycles. The van der Waals surface area contributed by atoms with Gasteiger partial charge in [-0.05, 0) is 38.0 Å². The number of aryl methyl sites for hydroxylation is 1. The summed E-state index contributed by atoms with van der Waals surface area (Å²) in [5.41, 5.74) is 1.70. The van der Waals surface area contributed by atoms with Crippen molar-refractivity contribution in [2.75, 3.05) is 0 Å². The Hall–Kier alpha value is -1.90. The zero-order chi connectivity index (χ0) is 19.0. The van der Waals surface area contributed by atoms with Crippen LogP contribution in [0.3, 0.4) is 0 Å². The van der Waals surface area contributed by atoms with Gasteiger partial charge >= 0.3 is 5.97 Å². The molecule has 6 heteroatoms. The van der Waals surface area contributed by atoms with Gasteiger partial charge in [0.1, 0.15) is 5.92 Å². The minimum Gasteiger partial charge on any atom is -0.462 e. The number of esters is 1. The van der Waals surface area contributed by atoms with Crippen molar-refractivity contribution >= 4 is 32.5 Å². The molecule has 0 spiro atoms. The number of halogens is 1. The second-order valence-corrected chi connectivity index (χ2v) is 6.03. The van der Waals surface area contributed by atoms with Crippen molar-refractivity contribution in [2.24, 2.45) is 0 Å². The summed E-state index contributed by atoms with van der Waals surface area (Å²) in [7, 11) is 0.611. The average molecular weight is 381 g/mol. The van der Waals surface area contributed by atoms with E-state index in [1.165, 1.54) is 0 Å². The van der Waals surface area contributed by atoms with Crippen LogP contribution in [0.1, 0.15) is 41.3 Å². The van der Waals surface area contributed by atoms with Crippen LogP contribution in [-0.2, 0) is 14.1 Å². The highest BCUT2D eigenvalue weighted by molar-refractivity contribution is 7.00. The van der Waals surface area contributed by atoms with Crippen molar-refractivity contribution in [1.29, 1.82) is 0 Å². The van der Waals surface area contributed by atoms with Gasteiger partial charge in [0, 0.05) is 5.56 Å². The second kappa shape index (κ2) is 10.2. The van der Waals surface area contributed by atoms with Gasteiger partial charge in [-0.2, -0.15) is 0 Å². The van der Waals surface area contributed by atoms with Crippen LogP contribution in [0.2, 0.25) is 5.02 Å². The maximum absolute atomic E-state index is 13.0. The summed E-state index contributed by atoms with van der Waals surface area (Å²) in [4.78, 5) is 25.5. The number of hydrogen-bond donors (Lipinski definition) is 0. The Morgan fingerprint density at radius 2 is 1.60 bits per heavy atom. The first-order valence-electron chi connectivity index (χ1n) is 7.75. The van der Waals surface area contributed by atoms with Crippen molar-refractivity contribution in [2.45, 2.75) is 32.8 Å². The molecule has 0 aromatic heterocycles. The van der Waals surface area contributed by atoms with Crippen LogP contribution in [0, 0.1) is 6.92 Å². The Labute approximate surface area is 154 Å². The number of Topliss-reactive ketones (excluding diaryl/α,β-unsaturated/α-hetero) is 1. The molecule has 0 saturated heterocycles. The first-order chi connectivity index (χ1) is 11.9. The fourth-order valence-corrected chi connectivity index (χ4v) is 2.74. The lowest BCUT2D eigenvalue weighted by Gasteiger charge is -2.19. The van der Waals surface area contributed by atoms with Crippen LogP contribution in [-0.4, -0.2) is 17.9 Å². The lowest BCUT2D eigenvalue weighted by atomic mass is 9.89. The van der Waals surface area contributed by atoms with Crippen LogP contribution >= 0.6 is 20.7 Å². The van der Waals surface area contributed by atoms with E-state index in [2.05, 4.69) is 0 Å². The van der Waals surface area contributed by atoms with Crippen molar-refractivity contribution in [3.05, 3.63) is 70.2 Å². The molecule has 2 unspecified atom stereocenters. The molecular weight excluding hydrogens is 359 g/mol. The monoisotopic (exact) mass is 380 g/mol. The largest absolute Gasteiger partial charge is 0.462 e. The van der Waals surface area contributed by atoms with E-state index in [9.17, 15) is 9.59 Å². The highest BCUT2D eigenvalue weighted by Crippen LogP contribution is 2.29. The van der Waals surface area contributed by atoms with E-state index >= 15 is 0 Å². The first-order valence-corrected chi connectivity index (χ1v) is 8.71. The molecule has 0 aliphatic carbocycles. The summed E-state index contributed by atoms with van der Waals surface area (Å²) in [6, 6.07) is 14.1. The minimum absolute atomic E-state index is 0.297. The number of carbonyl (C=O) groups is 2.